The monoisotopic (exact) mass is 277 g/mol. The molecule has 1 N–H and O–H groups in total. The Bertz CT molecular complexity index is 616. The van der Waals surface area contributed by atoms with E-state index in [2.05, 4.69) is 15.3 Å². The van der Waals surface area contributed by atoms with Crippen LogP contribution < -0.4 is 5.32 Å². The van der Waals surface area contributed by atoms with Crippen LogP contribution in [0.4, 0.5) is 4.39 Å². The normalized spacial score (nSPS) is 14.2. The standard InChI is InChI=1S/C14H13ClFN3/c15-11-3-1-2-9(14(11)16)6-13-18-8-10-7-17-5-4-12(10)19-13/h1-3,8,17H,4-7H2. The fraction of sp³-hybridized carbons (Fsp3) is 0.286. The molecule has 2 heterocycles. The Labute approximate surface area is 115 Å². The highest BCUT2D eigenvalue weighted by Gasteiger charge is 2.13. The van der Waals surface area contributed by atoms with E-state index in [1.54, 1.807) is 18.2 Å². The van der Waals surface area contributed by atoms with Gasteiger partial charge in [0.15, 0.2) is 0 Å². The molecule has 0 saturated carbocycles. The summed E-state index contributed by atoms with van der Waals surface area (Å²) in [6, 6.07) is 4.99. The zero-order chi connectivity index (χ0) is 13.2. The number of hydrogen-bond acceptors (Lipinski definition) is 3. The minimum Gasteiger partial charge on any atom is -0.312 e. The smallest absolute Gasteiger partial charge is 0.145 e. The minimum absolute atomic E-state index is 0.139. The van der Waals surface area contributed by atoms with Crippen molar-refractivity contribution in [2.45, 2.75) is 19.4 Å². The molecular weight excluding hydrogens is 265 g/mol. The lowest BCUT2D eigenvalue weighted by molar-refractivity contribution is 0.606. The second kappa shape index (κ2) is 5.23. The number of nitrogens with zero attached hydrogens (tertiary/aromatic N) is 2. The average Bonchev–Trinajstić information content (AvgIpc) is 2.44. The van der Waals surface area contributed by atoms with E-state index in [-0.39, 0.29) is 10.8 Å². The summed E-state index contributed by atoms with van der Waals surface area (Å²) in [6.07, 6.45) is 3.09. The second-order valence-corrected chi connectivity index (χ2v) is 4.98. The molecule has 1 aliphatic heterocycles. The second-order valence-electron chi connectivity index (χ2n) is 4.57. The van der Waals surface area contributed by atoms with Gasteiger partial charge in [0.05, 0.1) is 5.02 Å². The summed E-state index contributed by atoms with van der Waals surface area (Å²) in [6.45, 7) is 1.73. The number of hydrogen-bond donors (Lipinski definition) is 1. The quantitative estimate of drug-likeness (QED) is 0.917. The van der Waals surface area contributed by atoms with Gasteiger partial charge in [-0.25, -0.2) is 14.4 Å². The molecule has 0 fully saturated rings. The minimum atomic E-state index is -0.382. The highest BCUT2D eigenvalue weighted by Crippen LogP contribution is 2.20. The Balaban J connectivity index is 1.89. The van der Waals surface area contributed by atoms with Crippen LogP contribution in [0, 0.1) is 5.82 Å². The Hall–Kier alpha value is -1.52. The molecule has 3 nitrogen and oxygen atoms in total. The molecule has 1 aromatic heterocycles. The van der Waals surface area contributed by atoms with Crippen LogP contribution in [-0.2, 0) is 19.4 Å². The Morgan fingerprint density at radius 2 is 2.26 bits per heavy atom. The summed E-state index contributed by atoms with van der Waals surface area (Å²) in [5, 5.41) is 3.41. The Kier molecular flexibility index (Phi) is 3.44. The van der Waals surface area contributed by atoms with E-state index in [0.29, 0.717) is 17.8 Å². The number of rotatable bonds is 2. The molecule has 19 heavy (non-hydrogen) atoms. The first kappa shape index (κ1) is 12.5. The van der Waals surface area contributed by atoms with Crippen molar-refractivity contribution in [2.75, 3.05) is 6.54 Å². The van der Waals surface area contributed by atoms with E-state index in [1.807, 2.05) is 6.20 Å². The molecule has 0 aliphatic carbocycles. The summed E-state index contributed by atoms with van der Waals surface area (Å²) >= 11 is 5.77. The van der Waals surface area contributed by atoms with Gasteiger partial charge < -0.3 is 5.32 Å². The molecule has 0 amide bonds. The van der Waals surface area contributed by atoms with Crippen molar-refractivity contribution < 1.29 is 4.39 Å². The molecule has 0 unspecified atom stereocenters. The van der Waals surface area contributed by atoms with Crippen LogP contribution in [-0.4, -0.2) is 16.5 Å². The average molecular weight is 278 g/mol. The first-order valence-electron chi connectivity index (χ1n) is 6.21. The lowest BCUT2D eigenvalue weighted by Gasteiger charge is -2.16. The number of aromatic nitrogens is 2. The van der Waals surface area contributed by atoms with Gasteiger partial charge in [0, 0.05) is 43.4 Å². The van der Waals surface area contributed by atoms with Crippen LogP contribution in [0.5, 0.6) is 0 Å². The van der Waals surface area contributed by atoms with Crippen molar-refractivity contribution in [2.24, 2.45) is 0 Å². The lowest BCUT2D eigenvalue weighted by atomic mass is 10.1. The molecule has 3 rings (SSSR count). The maximum Gasteiger partial charge on any atom is 0.145 e. The predicted octanol–water partition coefficient (Wildman–Crippen LogP) is 2.51. The molecule has 1 aromatic carbocycles. The SMILES string of the molecule is Fc1c(Cl)cccc1Cc1ncc2c(n1)CCNC2. The van der Waals surface area contributed by atoms with E-state index in [0.717, 1.165) is 30.8 Å². The summed E-state index contributed by atoms with van der Waals surface area (Å²) in [4.78, 5) is 8.82. The number of benzene rings is 1. The van der Waals surface area contributed by atoms with Gasteiger partial charge in [-0.1, -0.05) is 23.7 Å². The van der Waals surface area contributed by atoms with Crippen LogP contribution in [0.1, 0.15) is 22.6 Å². The fourth-order valence-electron chi connectivity index (χ4n) is 2.22. The van der Waals surface area contributed by atoms with Gasteiger partial charge in [-0.2, -0.15) is 0 Å². The molecular formula is C14H13ClFN3. The van der Waals surface area contributed by atoms with Crippen molar-refractivity contribution >= 4 is 11.6 Å². The van der Waals surface area contributed by atoms with E-state index in [1.165, 1.54) is 0 Å². The summed E-state index contributed by atoms with van der Waals surface area (Å²) in [5.41, 5.74) is 2.72. The largest absolute Gasteiger partial charge is 0.312 e. The van der Waals surface area contributed by atoms with E-state index in [9.17, 15) is 4.39 Å². The van der Waals surface area contributed by atoms with Gasteiger partial charge in [0.1, 0.15) is 11.6 Å². The third kappa shape index (κ3) is 2.60. The number of nitrogens with one attached hydrogen (secondary N) is 1. The van der Waals surface area contributed by atoms with E-state index in [4.69, 9.17) is 11.6 Å². The van der Waals surface area contributed by atoms with E-state index >= 15 is 0 Å². The summed E-state index contributed by atoms with van der Waals surface area (Å²) < 4.78 is 13.8. The van der Waals surface area contributed by atoms with Gasteiger partial charge in [-0.3, -0.25) is 0 Å². The maximum atomic E-state index is 13.8. The number of halogens is 2. The third-order valence-electron chi connectivity index (χ3n) is 3.24. The number of fused-ring (bicyclic) bond motifs is 1. The van der Waals surface area contributed by atoms with Gasteiger partial charge in [-0.15, -0.1) is 0 Å². The third-order valence-corrected chi connectivity index (χ3v) is 3.53. The molecule has 0 radical (unpaired) electrons. The maximum absolute atomic E-state index is 13.8. The summed E-state index contributed by atoms with van der Waals surface area (Å²) in [5.74, 6) is 0.258. The van der Waals surface area contributed by atoms with Crippen molar-refractivity contribution in [3.05, 3.63) is 57.9 Å². The van der Waals surface area contributed by atoms with Crippen molar-refractivity contribution in [3.8, 4) is 0 Å². The first-order chi connectivity index (χ1) is 9.24. The Morgan fingerprint density at radius 1 is 1.37 bits per heavy atom. The zero-order valence-corrected chi connectivity index (χ0v) is 11.0. The van der Waals surface area contributed by atoms with Crippen LogP contribution in [0.25, 0.3) is 0 Å². The van der Waals surface area contributed by atoms with E-state index < -0.39 is 0 Å². The molecule has 0 bridgehead atoms. The van der Waals surface area contributed by atoms with Crippen LogP contribution in [0.2, 0.25) is 5.02 Å². The highest BCUT2D eigenvalue weighted by molar-refractivity contribution is 6.30. The molecule has 2 aromatic rings. The van der Waals surface area contributed by atoms with Crippen LogP contribution >= 0.6 is 11.6 Å². The molecule has 1 aliphatic rings. The first-order valence-corrected chi connectivity index (χ1v) is 6.59. The van der Waals surface area contributed by atoms with Gasteiger partial charge >= 0.3 is 0 Å². The topological polar surface area (TPSA) is 37.8 Å². The summed E-state index contributed by atoms with van der Waals surface area (Å²) in [7, 11) is 0. The van der Waals surface area contributed by atoms with Crippen LogP contribution in [0.3, 0.4) is 0 Å². The van der Waals surface area contributed by atoms with Gasteiger partial charge in [-0.05, 0) is 11.6 Å². The van der Waals surface area contributed by atoms with Crippen LogP contribution in [0.15, 0.2) is 24.4 Å². The molecule has 5 heteroatoms. The fourth-order valence-corrected chi connectivity index (χ4v) is 2.41. The van der Waals surface area contributed by atoms with Crippen molar-refractivity contribution in [1.82, 2.24) is 15.3 Å². The van der Waals surface area contributed by atoms with Gasteiger partial charge in [0.25, 0.3) is 0 Å². The highest BCUT2D eigenvalue weighted by atomic mass is 35.5. The molecule has 0 spiro atoms. The van der Waals surface area contributed by atoms with Gasteiger partial charge in [0.2, 0.25) is 0 Å². The predicted molar refractivity (Wildman–Crippen MR) is 71.7 cm³/mol. The van der Waals surface area contributed by atoms with Crippen molar-refractivity contribution in [1.29, 1.82) is 0 Å². The molecule has 0 saturated heterocycles. The lowest BCUT2D eigenvalue weighted by Crippen LogP contribution is -2.25. The van der Waals surface area contributed by atoms with Crippen molar-refractivity contribution in [3.63, 3.8) is 0 Å². The molecule has 98 valence electrons. The molecule has 0 atom stereocenters. The zero-order valence-electron chi connectivity index (χ0n) is 10.3. The Morgan fingerprint density at radius 3 is 3.16 bits per heavy atom.